The van der Waals surface area contributed by atoms with E-state index in [1.807, 2.05) is 12.3 Å². The first-order chi connectivity index (χ1) is 9.00. The van der Waals surface area contributed by atoms with Crippen LogP contribution < -0.4 is 5.32 Å². The van der Waals surface area contributed by atoms with Crippen molar-refractivity contribution in [1.29, 1.82) is 0 Å². The molecular formula is C13H13F3N2S. The van der Waals surface area contributed by atoms with Gasteiger partial charge in [0.2, 0.25) is 0 Å². The van der Waals surface area contributed by atoms with Crippen LogP contribution in [0.25, 0.3) is 0 Å². The van der Waals surface area contributed by atoms with E-state index in [1.165, 1.54) is 23.5 Å². The minimum Gasteiger partial charge on any atom is -0.379 e. The topological polar surface area (TPSA) is 24.9 Å². The van der Waals surface area contributed by atoms with E-state index in [-0.39, 0.29) is 5.69 Å². The van der Waals surface area contributed by atoms with Gasteiger partial charge in [-0.15, -0.1) is 11.3 Å². The number of hydrogen-bond acceptors (Lipinski definition) is 3. The molecule has 2 nitrogen and oxygen atoms in total. The molecule has 0 aliphatic heterocycles. The number of aryl methyl sites for hydroxylation is 1. The summed E-state index contributed by atoms with van der Waals surface area (Å²) in [7, 11) is 0. The molecular weight excluding hydrogens is 273 g/mol. The Labute approximate surface area is 113 Å². The molecule has 0 aliphatic carbocycles. The van der Waals surface area contributed by atoms with E-state index in [2.05, 4.69) is 10.3 Å². The highest BCUT2D eigenvalue weighted by Gasteiger charge is 2.33. The Morgan fingerprint density at radius 3 is 2.63 bits per heavy atom. The number of alkyl halides is 3. The van der Waals surface area contributed by atoms with Crippen LogP contribution in [0.5, 0.6) is 0 Å². The second-order valence-corrected chi connectivity index (χ2v) is 4.93. The third kappa shape index (κ3) is 3.47. The Kier molecular flexibility index (Phi) is 4.09. The Morgan fingerprint density at radius 1 is 1.26 bits per heavy atom. The highest BCUT2D eigenvalue weighted by atomic mass is 32.1. The summed E-state index contributed by atoms with van der Waals surface area (Å²) in [4.78, 5) is 4.31. The summed E-state index contributed by atoms with van der Waals surface area (Å²) < 4.78 is 38.3. The number of rotatable bonds is 4. The Balaban J connectivity index is 2.11. The molecule has 1 aromatic heterocycles. The number of para-hydroxylation sites is 1. The summed E-state index contributed by atoms with van der Waals surface area (Å²) in [5.41, 5.74) is 0.195. The van der Waals surface area contributed by atoms with Crippen molar-refractivity contribution in [2.75, 3.05) is 5.32 Å². The molecule has 0 aliphatic rings. The normalized spacial score (nSPS) is 11.6. The molecule has 1 N–H and O–H groups in total. The van der Waals surface area contributed by atoms with Crippen molar-refractivity contribution < 1.29 is 13.2 Å². The Bertz CT molecular complexity index is 549. The highest BCUT2D eigenvalue weighted by Crippen LogP contribution is 2.34. The average molecular weight is 286 g/mol. The lowest BCUT2D eigenvalue weighted by atomic mass is 10.1. The number of aromatic nitrogens is 1. The summed E-state index contributed by atoms with van der Waals surface area (Å²) in [6.07, 6.45) is -3.51. The largest absolute Gasteiger partial charge is 0.418 e. The molecule has 0 fully saturated rings. The van der Waals surface area contributed by atoms with Crippen molar-refractivity contribution in [3.8, 4) is 0 Å². The van der Waals surface area contributed by atoms with Gasteiger partial charge in [0, 0.05) is 11.1 Å². The zero-order valence-corrected chi connectivity index (χ0v) is 11.1. The Morgan fingerprint density at radius 2 is 2.00 bits per heavy atom. The standard InChI is InChI=1S/C13H13F3N2S/c1-2-12-18-9(8-19-12)7-17-11-6-4-3-5-10(11)13(14,15)16/h3-6,8,17H,2,7H2,1H3. The zero-order valence-electron chi connectivity index (χ0n) is 10.3. The predicted octanol–water partition coefficient (Wildman–Crippen LogP) is 4.34. The molecule has 0 unspecified atom stereocenters. The van der Waals surface area contributed by atoms with Gasteiger partial charge >= 0.3 is 6.18 Å². The lowest BCUT2D eigenvalue weighted by molar-refractivity contribution is -0.136. The number of halogens is 3. The number of thiazole rings is 1. The predicted molar refractivity (Wildman–Crippen MR) is 70.3 cm³/mol. The molecule has 1 heterocycles. The van der Waals surface area contributed by atoms with E-state index >= 15 is 0 Å². The summed E-state index contributed by atoms with van der Waals surface area (Å²) in [6.45, 7) is 2.29. The van der Waals surface area contributed by atoms with Gasteiger partial charge in [0.1, 0.15) is 0 Å². The van der Waals surface area contributed by atoms with Gasteiger partial charge < -0.3 is 5.32 Å². The molecule has 0 amide bonds. The maximum Gasteiger partial charge on any atom is 0.418 e. The quantitative estimate of drug-likeness (QED) is 0.904. The minimum absolute atomic E-state index is 0.0843. The molecule has 0 spiro atoms. The lowest BCUT2D eigenvalue weighted by Gasteiger charge is -2.13. The second-order valence-electron chi connectivity index (χ2n) is 3.98. The number of benzene rings is 1. The monoisotopic (exact) mass is 286 g/mol. The van der Waals surface area contributed by atoms with Gasteiger partial charge in [-0.3, -0.25) is 0 Å². The van der Waals surface area contributed by atoms with Crippen LogP contribution in [-0.4, -0.2) is 4.98 Å². The van der Waals surface area contributed by atoms with Crippen LogP contribution in [0.4, 0.5) is 18.9 Å². The fraction of sp³-hybridized carbons (Fsp3) is 0.308. The maximum atomic E-state index is 12.8. The van der Waals surface area contributed by atoms with Crippen molar-refractivity contribution in [2.45, 2.75) is 26.1 Å². The molecule has 2 rings (SSSR count). The molecule has 0 radical (unpaired) electrons. The summed E-state index contributed by atoms with van der Waals surface area (Å²) in [6, 6.07) is 5.46. The number of hydrogen-bond donors (Lipinski definition) is 1. The third-order valence-corrected chi connectivity index (χ3v) is 3.64. The number of nitrogens with one attached hydrogen (secondary N) is 1. The molecule has 19 heavy (non-hydrogen) atoms. The van der Waals surface area contributed by atoms with E-state index in [0.29, 0.717) is 6.54 Å². The van der Waals surface area contributed by atoms with Gasteiger partial charge in [0.25, 0.3) is 0 Å². The zero-order chi connectivity index (χ0) is 13.9. The SMILES string of the molecule is CCc1nc(CNc2ccccc2C(F)(F)F)cs1. The average Bonchev–Trinajstić information content (AvgIpc) is 2.83. The van der Waals surface area contributed by atoms with Gasteiger partial charge in [0.05, 0.1) is 22.8 Å². The first-order valence-electron chi connectivity index (χ1n) is 5.84. The van der Waals surface area contributed by atoms with Gasteiger partial charge in [-0.2, -0.15) is 13.2 Å². The molecule has 102 valence electrons. The van der Waals surface area contributed by atoms with Crippen molar-refractivity contribution in [3.63, 3.8) is 0 Å². The highest BCUT2D eigenvalue weighted by molar-refractivity contribution is 7.09. The summed E-state index contributed by atoms with van der Waals surface area (Å²) >= 11 is 1.52. The molecule has 0 bridgehead atoms. The molecule has 0 saturated heterocycles. The van der Waals surface area contributed by atoms with E-state index in [0.717, 1.165) is 23.2 Å². The van der Waals surface area contributed by atoms with Gasteiger partial charge in [-0.05, 0) is 18.6 Å². The second kappa shape index (κ2) is 5.61. The third-order valence-electron chi connectivity index (χ3n) is 2.59. The molecule has 0 atom stereocenters. The maximum absolute atomic E-state index is 12.8. The summed E-state index contributed by atoms with van der Waals surface area (Å²) in [5.74, 6) is 0. The van der Waals surface area contributed by atoms with Crippen LogP contribution in [0.1, 0.15) is 23.2 Å². The van der Waals surface area contributed by atoms with E-state index < -0.39 is 11.7 Å². The first kappa shape index (κ1) is 13.9. The summed E-state index contributed by atoms with van der Waals surface area (Å²) in [5, 5.41) is 5.65. The Hall–Kier alpha value is -1.56. The molecule has 2 aromatic rings. The molecule has 0 saturated carbocycles. The fourth-order valence-corrected chi connectivity index (χ4v) is 2.41. The number of nitrogens with zero attached hydrogens (tertiary/aromatic N) is 1. The van der Waals surface area contributed by atoms with Gasteiger partial charge in [0.15, 0.2) is 0 Å². The van der Waals surface area contributed by atoms with Gasteiger partial charge in [-0.1, -0.05) is 19.1 Å². The van der Waals surface area contributed by atoms with Crippen molar-refractivity contribution in [3.05, 3.63) is 45.9 Å². The van der Waals surface area contributed by atoms with Crippen molar-refractivity contribution in [2.24, 2.45) is 0 Å². The van der Waals surface area contributed by atoms with Crippen molar-refractivity contribution >= 4 is 17.0 Å². The van der Waals surface area contributed by atoms with E-state index in [4.69, 9.17) is 0 Å². The lowest BCUT2D eigenvalue weighted by Crippen LogP contribution is -2.10. The molecule has 6 heteroatoms. The molecule has 1 aromatic carbocycles. The van der Waals surface area contributed by atoms with E-state index in [1.54, 1.807) is 6.07 Å². The number of anilines is 1. The fourth-order valence-electron chi connectivity index (χ4n) is 1.66. The van der Waals surface area contributed by atoms with Crippen LogP contribution in [0, 0.1) is 0 Å². The van der Waals surface area contributed by atoms with Crippen LogP contribution in [0.2, 0.25) is 0 Å². The van der Waals surface area contributed by atoms with Crippen LogP contribution in [-0.2, 0) is 19.1 Å². The van der Waals surface area contributed by atoms with Gasteiger partial charge in [-0.25, -0.2) is 4.98 Å². The first-order valence-corrected chi connectivity index (χ1v) is 6.72. The van der Waals surface area contributed by atoms with Crippen molar-refractivity contribution in [1.82, 2.24) is 4.98 Å². The van der Waals surface area contributed by atoms with Crippen LogP contribution >= 0.6 is 11.3 Å². The minimum atomic E-state index is -4.35. The van der Waals surface area contributed by atoms with E-state index in [9.17, 15) is 13.2 Å². The van der Waals surface area contributed by atoms with Crippen LogP contribution in [0.3, 0.4) is 0 Å². The smallest absolute Gasteiger partial charge is 0.379 e. The van der Waals surface area contributed by atoms with Crippen LogP contribution in [0.15, 0.2) is 29.6 Å².